The Morgan fingerprint density at radius 1 is 1.04 bits per heavy atom. The van der Waals surface area contributed by atoms with Crippen molar-refractivity contribution in [3.63, 3.8) is 0 Å². The summed E-state index contributed by atoms with van der Waals surface area (Å²) in [5.74, 6) is -0.586. The summed E-state index contributed by atoms with van der Waals surface area (Å²) in [7, 11) is 0. The van der Waals surface area contributed by atoms with Gasteiger partial charge in [-0.2, -0.15) is 0 Å². The van der Waals surface area contributed by atoms with Crippen LogP contribution in [0, 0.1) is 0 Å². The third kappa shape index (κ3) is 5.18. The molecule has 0 saturated carbocycles. The highest BCUT2D eigenvalue weighted by Gasteiger charge is 2.11. The molecule has 0 aromatic carbocycles. The van der Waals surface area contributed by atoms with Gasteiger partial charge in [-0.3, -0.25) is 14.6 Å². The minimum Gasteiger partial charge on any atom is -0.351 e. The second kappa shape index (κ2) is 8.63. The van der Waals surface area contributed by atoms with Gasteiger partial charge < -0.3 is 10.6 Å². The van der Waals surface area contributed by atoms with Crippen molar-refractivity contribution in [3.05, 3.63) is 59.7 Å². The number of carbonyl (C=O) groups excluding carboxylic acids is 2. The van der Waals surface area contributed by atoms with Crippen molar-refractivity contribution in [2.75, 3.05) is 6.54 Å². The zero-order valence-corrected chi connectivity index (χ0v) is 13.1. The van der Waals surface area contributed by atoms with E-state index >= 15 is 0 Å². The zero-order valence-electron chi connectivity index (χ0n) is 13.1. The van der Waals surface area contributed by atoms with E-state index in [-0.39, 0.29) is 23.2 Å². The van der Waals surface area contributed by atoms with E-state index in [0.717, 1.165) is 18.4 Å². The molecule has 0 unspecified atom stereocenters. The van der Waals surface area contributed by atoms with Crippen molar-refractivity contribution in [1.29, 1.82) is 0 Å². The van der Waals surface area contributed by atoms with Crippen LogP contribution in [0.3, 0.4) is 0 Å². The smallest absolute Gasteiger partial charge is 0.270 e. The lowest BCUT2D eigenvalue weighted by atomic mass is 10.2. The average Bonchev–Trinajstić information content (AvgIpc) is 2.61. The summed E-state index contributed by atoms with van der Waals surface area (Å²) in [5.41, 5.74) is 1.36. The summed E-state index contributed by atoms with van der Waals surface area (Å²) < 4.78 is 0. The molecule has 2 aromatic rings. The van der Waals surface area contributed by atoms with Gasteiger partial charge in [0.1, 0.15) is 11.4 Å². The fourth-order valence-electron chi connectivity index (χ4n) is 1.93. The monoisotopic (exact) mass is 312 g/mol. The summed E-state index contributed by atoms with van der Waals surface area (Å²) >= 11 is 0. The number of hydrogen-bond donors (Lipinski definition) is 2. The van der Waals surface area contributed by atoms with E-state index in [2.05, 4.69) is 27.5 Å². The SMILES string of the molecule is CCCCNC(=O)c1cccc(C(=O)NCc2cccnc2)n1. The van der Waals surface area contributed by atoms with Crippen LogP contribution in [0.5, 0.6) is 0 Å². The molecule has 2 aromatic heterocycles. The minimum atomic E-state index is -0.322. The molecule has 2 rings (SSSR count). The number of nitrogens with zero attached hydrogens (tertiary/aromatic N) is 2. The summed E-state index contributed by atoms with van der Waals surface area (Å²) in [6.45, 7) is 3.02. The van der Waals surface area contributed by atoms with Crippen LogP contribution < -0.4 is 10.6 Å². The topological polar surface area (TPSA) is 84.0 Å². The molecule has 0 radical (unpaired) electrons. The molecule has 0 fully saturated rings. The van der Waals surface area contributed by atoms with Crippen molar-refractivity contribution in [3.8, 4) is 0 Å². The van der Waals surface area contributed by atoms with E-state index in [1.54, 1.807) is 36.7 Å². The van der Waals surface area contributed by atoms with E-state index in [4.69, 9.17) is 0 Å². The fourth-order valence-corrected chi connectivity index (χ4v) is 1.93. The minimum absolute atomic E-state index is 0.219. The van der Waals surface area contributed by atoms with Gasteiger partial charge in [-0.25, -0.2) is 4.98 Å². The normalized spacial score (nSPS) is 10.1. The van der Waals surface area contributed by atoms with Crippen LogP contribution >= 0.6 is 0 Å². The van der Waals surface area contributed by atoms with Gasteiger partial charge in [-0.1, -0.05) is 25.5 Å². The maximum absolute atomic E-state index is 12.1. The predicted molar refractivity (Wildman–Crippen MR) is 86.9 cm³/mol. The van der Waals surface area contributed by atoms with E-state index in [1.165, 1.54) is 0 Å². The largest absolute Gasteiger partial charge is 0.351 e. The molecule has 0 saturated heterocycles. The van der Waals surface area contributed by atoms with Gasteiger partial charge in [0, 0.05) is 25.5 Å². The first-order valence-corrected chi connectivity index (χ1v) is 7.63. The first-order valence-electron chi connectivity index (χ1n) is 7.63. The molecular weight excluding hydrogens is 292 g/mol. The molecule has 0 aliphatic carbocycles. The van der Waals surface area contributed by atoms with Crippen molar-refractivity contribution < 1.29 is 9.59 Å². The Morgan fingerprint density at radius 3 is 2.43 bits per heavy atom. The quantitative estimate of drug-likeness (QED) is 0.765. The maximum atomic E-state index is 12.1. The number of nitrogens with one attached hydrogen (secondary N) is 2. The zero-order chi connectivity index (χ0) is 16.5. The van der Waals surface area contributed by atoms with E-state index < -0.39 is 0 Å². The van der Waals surface area contributed by atoms with Gasteiger partial charge in [-0.05, 0) is 30.2 Å². The molecule has 0 spiro atoms. The van der Waals surface area contributed by atoms with Crippen LogP contribution in [0.15, 0.2) is 42.7 Å². The van der Waals surface area contributed by atoms with Crippen LogP contribution in [0.2, 0.25) is 0 Å². The molecule has 6 heteroatoms. The summed E-state index contributed by atoms with van der Waals surface area (Å²) in [6.07, 6.45) is 5.28. The maximum Gasteiger partial charge on any atom is 0.270 e. The van der Waals surface area contributed by atoms with Gasteiger partial charge >= 0.3 is 0 Å². The molecular formula is C17H20N4O2. The van der Waals surface area contributed by atoms with E-state index in [0.29, 0.717) is 13.1 Å². The first-order chi connectivity index (χ1) is 11.2. The number of aromatic nitrogens is 2. The Hall–Kier alpha value is -2.76. The van der Waals surface area contributed by atoms with Crippen LogP contribution in [-0.4, -0.2) is 28.3 Å². The van der Waals surface area contributed by atoms with E-state index in [1.807, 2.05) is 6.07 Å². The number of pyridine rings is 2. The Bertz CT molecular complexity index is 659. The van der Waals surface area contributed by atoms with Crippen molar-refractivity contribution in [2.24, 2.45) is 0 Å². The Balaban J connectivity index is 1.95. The van der Waals surface area contributed by atoms with Gasteiger partial charge in [0.05, 0.1) is 0 Å². The molecule has 0 bridgehead atoms. The second-order valence-corrected chi connectivity index (χ2v) is 5.06. The van der Waals surface area contributed by atoms with Gasteiger partial charge in [0.25, 0.3) is 11.8 Å². The second-order valence-electron chi connectivity index (χ2n) is 5.06. The molecule has 23 heavy (non-hydrogen) atoms. The number of unbranched alkanes of at least 4 members (excludes halogenated alkanes) is 1. The molecule has 2 N–H and O–H groups in total. The third-order valence-corrected chi connectivity index (χ3v) is 3.21. The number of hydrogen-bond acceptors (Lipinski definition) is 4. The molecule has 0 atom stereocenters. The van der Waals surface area contributed by atoms with Crippen LogP contribution in [0.4, 0.5) is 0 Å². The van der Waals surface area contributed by atoms with Crippen molar-refractivity contribution in [2.45, 2.75) is 26.3 Å². The summed E-state index contributed by atoms with van der Waals surface area (Å²) in [5, 5.41) is 5.54. The van der Waals surface area contributed by atoms with E-state index in [9.17, 15) is 9.59 Å². The third-order valence-electron chi connectivity index (χ3n) is 3.21. The highest BCUT2D eigenvalue weighted by Crippen LogP contribution is 2.01. The highest BCUT2D eigenvalue weighted by atomic mass is 16.2. The van der Waals surface area contributed by atoms with Gasteiger partial charge in [0.2, 0.25) is 0 Å². The van der Waals surface area contributed by atoms with Crippen molar-refractivity contribution >= 4 is 11.8 Å². The lowest BCUT2D eigenvalue weighted by molar-refractivity contribution is 0.0942. The van der Waals surface area contributed by atoms with Crippen LogP contribution in [-0.2, 0) is 6.54 Å². The molecule has 120 valence electrons. The van der Waals surface area contributed by atoms with Crippen LogP contribution in [0.25, 0.3) is 0 Å². The Kier molecular flexibility index (Phi) is 6.23. The molecule has 2 heterocycles. The summed E-state index contributed by atoms with van der Waals surface area (Å²) in [4.78, 5) is 32.2. The van der Waals surface area contributed by atoms with Crippen LogP contribution in [0.1, 0.15) is 46.3 Å². The first kappa shape index (κ1) is 16.6. The predicted octanol–water partition coefficient (Wildman–Crippen LogP) is 1.94. The average molecular weight is 312 g/mol. The molecule has 6 nitrogen and oxygen atoms in total. The standard InChI is InChI=1S/C17H20N4O2/c1-2-3-10-19-16(22)14-7-4-8-15(21-14)17(23)20-12-13-6-5-9-18-11-13/h4-9,11H,2-3,10,12H2,1H3,(H,19,22)(H,20,23). The molecule has 0 aliphatic heterocycles. The van der Waals surface area contributed by atoms with Gasteiger partial charge in [0.15, 0.2) is 0 Å². The fraction of sp³-hybridized carbons (Fsp3) is 0.294. The molecule has 2 amide bonds. The number of carbonyl (C=O) groups is 2. The summed E-state index contributed by atoms with van der Waals surface area (Å²) in [6, 6.07) is 8.51. The lowest BCUT2D eigenvalue weighted by Crippen LogP contribution is -2.28. The lowest BCUT2D eigenvalue weighted by Gasteiger charge is -2.07. The van der Waals surface area contributed by atoms with Crippen molar-refractivity contribution in [1.82, 2.24) is 20.6 Å². The highest BCUT2D eigenvalue weighted by molar-refractivity contribution is 5.96. The van der Waals surface area contributed by atoms with Gasteiger partial charge in [-0.15, -0.1) is 0 Å². The Morgan fingerprint density at radius 2 is 1.78 bits per heavy atom. The number of rotatable bonds is 7. The number of amides is 2. The Labute approximate surface area is 135 Å². The molecule has 0 aliphatic rings.